The van der Waals surface area contributed by atoms with Gasteiger partial charge < -0.3 is 5.32 Å². The van der Waals surface area contributed by atoms with Crippen molar-refractivity contribution < 1.29 is 12.6 Å². The van der Waals surface area contributed by atoms with E-state index < -0.39 is 20.8 Å². The SMILES string of the molecule is CNc1ncc(S(=O)(=O)NCCS(C)=O)cc1Cl. The lowest BCUT2D eigenvalue weighted by atomic mass is 10.4. The van der Waals surface area contributed by atoms with E-state index in [0.717, 1.165) is 0 Å². The summed E-state index contributed by atoms with van der Waals surface area (Å²) in [6.45, 7) is 0.108. The molecule has 1 atom stereocenters. The Morgan fingerprint density at radius 3 is 2.67 bits per heavy atom. The predicted molar refractivity (Wildman–Crippen MR) is 72.9 cm³/mol. The monoisotopic (exact) mass is 311 g/mol. The summed E-state index contributed by atoms with van der Waals surface area (Å²) in [6.07, 6.45) is 2.72. The molecule has 0 saturated heterocycles. The van der Waals surface area contributed by atoms with Gasteiger partial charge in [-0.05, 0) is 6.07 Å². The molecule has 102 valence electrons. The lowest BCUT2D eigenvalue weighted by Crippen LogP contribution is -2.27. The first-order valence-electron chi connectivity index (χ1n) is 5.00. The van der Waals surface area contributed by atoms with E-state index in [1.807, 2.05) is 0 Å². The van der Waals surface area contributed by atoms with E-state index in [1.165, 1.54) is 18.5 Å². The van der Waals surface area contributed by atoms with Gasteiger partial charge in [0.05, 0.1) is 5.02 Å². The third kappa shape index (κ3) is 4.20. The van der Waals surface area contributed by atoms with Gasteiger partial charge in [-0.2, -0.15) is 0 Å². The van der Waals surface area contributed by atoms with Crippen molar-refractivity contribution in [2.45, 2.75) is 4.90 Å². The van der Waals surface area contributed by atoms with Crippen molar-refractivity contribution >= 4 is 38.2 Å². The third-order valence-electron chi connectivity index (χ3n) is 2.04. The minimum atomic E-state index is -3.66. The molecule has 0 saturated carbocycles. The van der Waals surface area contributed by atoms with Crippen molar-refractivity contribution in [2.75, 3.05) is 30.9 Å². The maximum absolute atomic E-state index is 11.8. The van der Waals surface area contributed by atoms with Gasteiger partial charge in [0.25, 0.3) is 0 Å². The number of hydrogen-bond donors (Lipinski definition) is 2. The molecule has 0 spiro atoms. The lowest BCUT2D eigenvalue weighted by Gasteiger charge is -2.07. The number of nitrogens with one attached hydrogen (secondary N) is 2. The average Bonchev–Trinajstić information content (AvgIpc) is 2.28. The summed E-state index contributed by atoms with van der Waals surface area (Å²) in [5.74, 6) is 0.667. The van der Waals surface area contributed by atoms with Crippen molar-refractivity contribution in [1.82, 2.24) is 9.71 Å². The average molecular weight is 312 g/mol. The lowest BCUT2D eigenvalue weighted by molar-refractivity contribution is 0.583. The molecule has 1 unspecified atom stereocenters. The molecule has 0 bridgehead atoms. The van der Waals surface area contributed by atoms with Crippen molar-refractivity contribution in [1.29, 1.82) is 0 Å². The molecule has 1 aromatic rings. The summed E-state index contributed by atoms with van der Waals surface area (Å²) in [7, 11) is -3.07. The quantitative estimate of drug-likeness (QED) is 0.795. The first-order valence-corrected chi connectivity index (χ1v) is 8.58. The highest BCUT2D eigenvalue weighted by molar-refractivity contribution is 7.89. The second-order valence-corrected chi connectivity index (χ2v) is 7.16. The van der Waals surface area contributed by atoms with Gasteiger partial charge in [0.1, 0.15) is 10.7 Å². The zero-order valence-corrected chi connectivity index (χ0v) is 12.3. The molecule has 0 radical (unpaired) electrons. The molecule has 0 aliphatic rings. The van der Waals surface area contributed by atoms with Gasteiger partial charge in [0, 0.05) is 42.6 Å². The minimum Gasteiger partial charge on any atom is -0.372 e. The van der Waals surface area contributed by atoms with E-state index in [2.05, 4.69) is 15.0 Å². The van der Waals surface area contributed by atoms with Crippen LogP contribution in [0.2, 0.25) is 5.02 Å². The summed E-state index contributed by atoms with van der Waals surface area (Å²) < 4.78 is 36.8. The first-order chi connectivity index (χ1) is 8.36. The van der Waals surface area contributed by atoms with Gasteiger partial charge in [-0.1, -0.05) is 11.6 Å². The highest BCUT2D eigenvalue weighted by Gasteiger charge is 2.15. The Kier molecular flexibility index (Phi) is 5.51. The molecule has 0 aliphatic carbocycles. The Morgan fingerprint density at radius 1 is 1.50 bits per heavy atom. The highest BCUT2D eigenvalue weighted by atomic mass is 35.5. The van der Waals surface area contributed by atoms with Crippen LogP contribution in [0.5, 0.6) is 0 Å². The number of anilines is 1. The van der Waals surface area contributed by atoms with Crippen molar-refractivity contribution in [3.8, 4) is 0 Å². The minimum absolute atomic E-state index is 0.0200. The number of pyridine rings is 1. The molecule has 0 amide bonds. The molecule has 1 aromatic heterocycles. The topological polar surface area (TPSA) is 88.2 Å². The third-order valence-corrected chi connectivity index (χ3v) is 4.54. The molecule has 0 aromatic carbocycles. The van der Waals surface area contributed by atoms with Gasteiger partial charge in [-0.25, -0.2) is 18.1 Å². The van der Waals surface area contributed by atoms with Crippen molar-refractivity contribution in [3.63, 3.8) is 0 Å². The summed E-state index contributed by atoms with van der Waals surface area (Å²) >= 11 is 5.85. The van der Waals surface area contributed by atoms with E-state index in [9.17, 15) is 12.6 Å². The molecule has 6 nitrogen and oxygen atoms in total. The van der Waals surface area contributed by atoms with Crippen LogP contribution in [0.15, 0.2) is 17.2 Å². The molecule has 1 heterocycles. The number of sulfonamides is 1. The Balaban J connectivity index is 2.85. The van der Waals surface area contributed by atoms with Gasteiger partial charge in [0.15, 0.2) is 0 Å². The Labute approximate surface area is 114 Å². The van der Waals surface area contributed by atoms with Crippen molar-refractivity contribution in [2.24, 2.45) is 0 Å². The predicted octanol–water partition coefficient (Wildman–Crippen LogP) is 0.434. The van der Waals surface area contributed by atoms with E-state index in [0.29, 0.717) is 5.82 Å². The molecule has 1 rings (SSSR count). The second kappa shape index (κ2) is 6.46. The highest BCUT2D eigenvalue weighted by Crippen LogP contribution is 2.21. The number of halogens is 1. The van der Waals surface area contributed by atoms with Crippen LogP contribution in [0, 0.1) is 0 Å². The normalized spacial score (nSPS) is 13.3. The fourth-order valence-electron chi connectivity index (χ4n) is 1.15. The second-order valence-electron chi connectivity index (χ2n) is 3.43. The smallest absolute Gasteiger partial charge is 0.242 e. The van der Waals surface area contributed by atoms with Crippen LogP contribution in [0.4, 0.5) is 5.82 Å². The fourth-order valence-corrected chi connectivity index (χ4v) is 3.00. The van der Waals surface area contributed by atoms with Gasteiger partial charge in [-0.3, -0.25) is 4.21 Å². The standard InChI is InChI=1S/C9H14ClN3O3S2/c1-11-9-8(10)5-7(6-12-9)18(15,16)13-3-4-17(2)14/h5-6,13H,3-4H2,1-2H3,(H,11,12). The summed E-state index contributed by atoms with van der Waals surface area (Å²) in [4.78, 5) is 3.86. The van der Waals surface area contributed by atoms with Gasteiger partial charge in [0.2, 0.25) is 10.0 Å². The Bertz CT molecular complexity index is 548. The van der Waals surface area contributed by atoms with Crippen LogP contribution in [0.25, 0.3) is 0 Å². The maximum atomic E-state index is 11.8. The molecule has 0 fully saturated rings. The number of nitrogens with zero attached hydrogens (tertiary/aromatic N) is 1. The maximum Gasteiger partial charge on any atom is 0.242 e. The van der Waals surface area contributed by atoms with Crippen LogP contribution in [0.3, 0.4) is 0 Å². The van der Waals surface area contributed by atoms with Crippen molar-refractivity contribution in [3.05, 3.63) is 17.3 Å². The van der Waals surface area contributed by atoms with Crippen LogP contribution >= 0.6 is 11.6 Å². The van der Waals surface area contributed by atoms with Crippen LogP contribution in [0.1, 0.15) is 0 Å². The van der Waals surface area contributed by atoms with E-state index in [4.69, 9.17) is 11.6 Å². The summed E-state index contributed by atoms with van der Waals surface area (Å²) in [6, 6.07) is 1.31. The van der Waals surface area contributed by atoms with E-state index in [1.54, 1.807) is 7.05 Å². The molecule has 2 N–H and O–H groups in total. The van der Waals surface area contributed by atoms with Gasteiger partial charge in [-0.15, -0.1) is 0 Å². The van der Waals surface area contributed by atoms with Crippen LogP contribution in [-0.2, 0) is 20.8 Å². The molecular weight excluding hydrogens is 298 g/mol. The zero-order chi connectivity index (χ0) is 13.8. The van der Waals surface area contributed by atoms with Crippen LogP contribution < -0.4 is 10.0 Å². The Morgan fingerprint density at radius 2 is 2.17 bits per heavy atom. The van der Waals surface area contributed by atoms with E-state index in [-0.39, 0.29) is 22.2 Å². The van der Waals surface area contributed by atoms with Crippen LogP contribution in [-0.4, -0.2) is 43.2 Å². The van der Waals surface area contributed by atoms with Gasteiger partial charge >= 0.3 is 0 Å². The summed E-state index contributed by atoms with van der Waals surface area (Å²) in [5, 5.41) is 2.96. The number of hydrogen-bond acceptors (Lipinski definition) is 5. The molecule has 0 aliphatic heterocycles. The fraction of sp³-hybridized carbons (Fsp3) is 0.444. The number of rotatable bonds is 6. The first kappa shape index (κ1) is 15.4. The molecule has 9 heteroatoms. The molecule has 18 heavy (non-hydrogen) atoms. The Hall–Kier alpha value is -0.700. The largest absolute Gasteiger partial charge is 0.372 e. The molecular formula is C9H14ClN3O3S2. The summed E-state index contributed by atoms with van der Waals surface area (Å²) in [5.41, 5.74) is 0. The zero-order valence-electron chi connectivity index (χ0n) is 9.94. The van der Waals surface area contributed by atoms with E-state index >= 15 is 0 Å². The number of aromatic nitrogens is 1.